The van der Waals surface area contributed by atoms with Crippen LogP contribution in [-0.4, -0.2) is 68.8 Å². The molecule has 1 fully saturated rings. The summed E-state index contributed by atoms with van der Waals surface area (Å²) in [5.41, 5.74) is 1.80. The summed E-state index contributed by atoms with van der Waals surface area (Å²) >= 11 is 0. The van der Waals surface area contributed by atoms with Crippen LogP contribution in [0.3, 0.4) is 0 Å². The second-order valence-electron chi connectivity index (χ2n) is 7.22. The Hall–Kier alpha value is -3.33. The summed E-state index contributed by atoms with van der Waals surface area (Å²) in [4.78, 5) is 16.4. The number of nitrogens with one attached hydrogen (secondary N) is 1. The maximum Gasteiger partial charge on any atom is 0.317 e. The predicted octanol–water partition coefficient (Wildman–Crippen LogP) is 1.87. The summed E-state index contributed by atoms with van der Waals surface area (Å²) < 4.78 is 15.1. The number of tetrazole rings is 1. The van der Waals surface area contributed by atoms with Crippen LogP contribution in [0.15, 0.2) is 54.6 Å². The average molecular weight is 409 g/mol. The van der Waals surface area contributed by atoms with Gasteiger partial charge in [-0.25, -0.2) is 9.18 Å². The van der Waals surface area contributed by atoms with Gasteiger partial charge in [-0.15, -0.1) is 5.10 Å². The number of halogens is 1. The molecule has 0 unspecified atom stereocenters. The molecule has 8 nitrogen and oxygen atoms in total. The number of hydrogen-bond donors (Lipinski definition) is 1. The molecule has 2 aromatic carbocycles. The van der Waals surface area contributed by atoms with Gasteiger partial charge in [-0.05, 0) is 40.6 Å². The summed E-state index contributed by atoms with van der Waals surface area (Å²) in [6.07, 6.45) is 0.815. The van der Waals surface area contributed by atoms with E-state index in [0.717, 1.165) is 19.5 Å². The molecule has 1 N–H and O–H groups in total. The summed E-state index contributed by atoms with van der Waals surface area (Å²) in [5.74, 6) is 0.308. The highest BCUT2D eigenvalue weighted by Crippen LogP contribution is 2.12. The fourth-order valence-corrected chi connectivity index (χ4v) is 3.49. The van der Waals surface area contributed by atoms with E-state index in [0.29, 0.717) is 37.7 Å². The quantitative estimate of drug-likeness (QED) is 0.673. The Morgan fingerprint density at radius 1 is 1.03 bits per heavy atom. The molecule has 1 aromatic heterocycles. The standard InChI is InChI=1S/C21H24FN7O/c22-18-7-4-8-19(15-18)29-20(24-25-26-29)16-27-11-13-28(14-12-27)21(30)23-10-9-17-5-2-1-3-6-17/h1-8,15H,9-14,16H2,(H,23,30). The SMILES string of the molecule is O=C(NCCc1ccccc1)N1CCN(Cc2nnnn2-c2cccc(F)c2)CC1. The maximum atomic E-state index is 13.5. The van der Waals surface area contributed by atoms with Crippen LogP contribution in [0.25, 0.3) is 5.69 Å². The molecule has 3 aromatic rings. The van der Waals surface area contributed by atoms with Crippen LogP contribution in [0.2, 0.25) is 0 Å². The fraction of sp³-hybridized carbons (Fsp3) is 0.333. The number of amides is 2. The van der Waals surface area contributed by atoms with Crippen LogP contribution in [0.5, 0.6) is 0 Å². The van der Waals surface area contributed by atoms with Crippen LogP contribution in [0, 0.1) is 5.82 Å². The topological polar surface area (TPSA) is 79.2 Å². The highest BCUT2D eigenvalue weighted by atomic mass is 19.1. The van der Waals surface area contributed by atoms with Crippen LogP contribution in [0.1, 0.15) is 11.4 Å². The Morgan fingerprint density at radius 3 is 2.60 bits per heavy atom. The van der Waals surface area contributed by atoms with Gasteiger partial charge in [0.25, 0.3) is 0 Å². The van der Waals surface area contributed by atoms with Crippen molar-refractivity contribution in [2.24, 2.45) is 0 Å². The van der Waals surface area contributed by atoms with Crippen LogP contribution >= 0.6 is 0 Å². The van der Waals surface area contributed by atoms with Crippen LogP contribution < -0.4 is 5.32 Å². The number of rotatable bonds is 6. The minimum absolute atomic E-state index is 0.0322. The lowest BCUT2D eigenvalue weighted by Gasteiger charge is -2.34. The van der Waals surface area contributed by atoms with Gasteiger partial charge in [0.1, 0.15) is 5.82 Å². The molecule has 0 aliphatic carbocycles. The van der Waals surface area contributed by atoms with Crippen LogP contribution in [-0.2, 0) is 13.0 Å². The fourth-order valence-electron chi connectivity index (χ4n) is 3.49. The first-order chi connectivity index (χ1) is 14.7. The Bertz CT molecular complexity index is 970. The third-order valence-electron chi connectivity index (χ3n) is 5.14. The van der Waals surface area contributed by atoms with Gasteiger partial charge in [0.2, 0.25) is 0 Å². The zero-order valence-electron chi connectivity index (χ0n) is 16.6. The smallest absolute Gasteiger partial charge is 0.317 e. The van der Waals surface area contributed by atoms with Crippen molar-refractivity contribution in [3.8, 4) is 5.69 Å². The van der Waals surface area contributed by atoms with Gasteiger partial charge in [0.05, 0.1) is 12.2 Å². The van der Waals surface area contributed by atoms with E-state index in [1.165, 1.54) is 17.7 Å². The molecule has 0 spiro atoms. The number of urea groups is 1. The predicted molar refractivity (Wildman–Crippen MR) is 110 cm³/mol. The van der Waals surface area contributed by atoms with Crippen molar-refractivity contribution in [3.05, 3.63) is 71.8 Å². The van der Waals surface area contributed by atoms with Crippen molar-refractivity contribution in [2.75, 3.05) is 32.7 Å². The van der Waals surface area contributed by atoms with Gasteiger partial charge in [0, 0.05) is 32.7 Å². The van der Waals surface area contributed by atoms with E-state index in [-0.39, 0.29) is 11.8 Å². The van der Waals surface area contributed by atoms with E-state index in [1.807, 2.05) is 23.1 Å². The normalized spacial score (nSPS) is 14.6. The molecule has 1 aliphatic heterocycles. The Labute approximate surface area is 174 Å². The molecule has 2 amide bonds. The number of piperazine rings is 1. The molecule has 0 radical (unpaired) electrons. The molecule has 1 saturated heterocycles. The lowest BCUT2D eigenvalue weighted by Crippen LogP contribution is -2.51. The molecule has 1 aliphatic rings. The summed E-state index contributed by atoms with van der Waals surface area (Å²) in [6.45, 7) is 3.88. The lowest BCUT2D eigenvalue weighted by atomic mass is 10.1. The second-order valence-corrected chi connectivity index (χ2v) is 7.22. The lowest BCUT2D eigenvalue weighted by molar-refractivity contribution is 0.133. The van der Waals surface area contributed by atoms with E-state index in [9.17, 15) is 9.18 Å². The van der Waals surface area contributed by atoms with E-state index < -0.39 is 0 Å². The number of hydrogen-bond acceptors (Lipinski definition) is 5. The van der Waals surface area contributed by atoms with E-state index in [2.05, 4.69) is 37.9 Å². The second kappa shape index (κ2) is 9.45. The highest BCUT2D eigenvalue weighted by Gasteiger charge is 2.22. The van der Waals surface area contributed by atoms with Gasteiger partial charge >= 0.3 is 6.03 Å². The first kappa shape index (κ1) is 20.0. The van der Waals surface area contributed by atoms with Crippen molar-refractivity contribution in [1.29, 1.82) is 0 Å². The van der Waals surface area contributed by atoms with Gasteiger partial charge < -0.3 is 10.2 Å². The molecule has 9 heteroatoms. The van der Waals surface area contributed by atoms with Gasteiger partial charge in [-0.1, -0.05) is 36.4 Å². The summed E-state index contributed by atoms with van der Waals surface area (Å²) in [7, 11) is 0. The maximum absolute atomic E-state index is 13.5. The van der Waals surface area contributed by atoms with E-state index in [4.69, 9.17) is 0 Å². The number of aromatic nitrogens is 4. The Balaban J connectivity index is 1.25. The number of carbonyl (C=O) groups is 1. The number of carbonyl (C=O) groups excluding carboxylic acids is 1. The number of nitrogens with zero attached hydrogens (tertiary/aromatic N) is 6. The minimum Gasteiger partial charge on any atom is -0.338 e. The molecular formula is C21H24FN7O. The Morgan fingerprint density at radius 2 is 1.83 bits per heavy atom. The number of benzene rings is 2. The molecule has 156 valence electrons. The molecule has 4 rings (SSSR count). The molecule has 0 bridgehead atoms. The van der Waals surface area contributed by atoms with Crippen molar-refractivity contribution in [2.45, 2.75) is 13.0 Å². The van der Waals surface area contributed by atoms with E-state index >= 15 is 0 Å². The van der Waals surface area contributed by atoms with Crippen molar-refractivity contribution < 1.29 is 9.18 Å². The third-order valence-corrected chi connectivity index (χ3v) is 5.14. The first-order valence-electron chi connectivity index (χ1n) is 10.0. The minimum atomic E-state index is -0.333. The van der Waals surface area contributed by atoms with Gasteiger partial charge in [0.15, 0.2) is 5.82 Å². The third kappa shape index (κ3) is 4.98. The molecular weight excluding hydrogens is 385 g/mol. The van der Waals surface area contributed by atoms with Crippen molar-refractivity contribution in [3.63, 3.8) is 0 Å². The summed E-state index contributed by atoms with van der Waals surface area (Å²) in [6, 6.07) is 16.3. The molecule has 0 atom stereocenters. The van der Waals surface area contributed by atoms with E-state index in [1.54, 1.807) is 16.8 Å². The zero-order chi connectivity index (χ0) is 20.8. The molecule has 2 heterocycles. The highest BCUT2D eigenvalue weighted by molar-refractivity contribution is 5.74. The van der Waals surface area contributed by atoms with Crippen LogP contribution in [0.4, 0.5) is 9.18 Å². The van der Waals surface area contributed by atoms with Gasteiger partial charge in [-0.3, -0.25) is 4.90 Å². The largest absolute Gasteiger partial charge is 0.338 e. The zero-order valence-corrected chi connectivity index (χ0v) is 16.6. The molecule has 30 heavy (non-hydrogen) atoms. The van der Waals surface area contributed by atoms with Crippen molar-refractivity contribution >= 4 is 6.03 Å². The van der Waals surface area contributed by atoms with Crippen molar-refractivity contribution in [1.82, 2.24) is 35.3 Å². The summed E-state index contributed by atoms with van der Waals surface area (Å²) in [5, 5.41) is 14.8. The molecule has 0 saturated carbocycles. The monoisotopic (exact) mass is 409 g/mol. The average Bonchev–Trinajstić information content (AvgIpc) is 3.23. The Kier molecular flexibility index (Phi) is 6.29. The van der Waals surface area contributed by atoms with Gasteiger partial charge in [-0.2, -0.15) is 4.68 Å². The first-order valence-corrected chi connectivity index (χ1v) is 10.0.